The second-order valence-corrected chi connectivity index (χ2v) is 6.59. The summed E-state index contributed by atoms with van der Waals surface area (Å²) in [5.41, 5.74) is 2.29. The Morgan fingerprint density at radius 3 is 2.33 bits per heavy atom. The molecule has 1 aromatic carbocycles. The first-order valence-electron chi connectivity index (χ1n) is 7.80. The summed E-state index contributed by atoms with van der Waals surface area (Å²) in [4.78, 5) is 16.7. The molecule has 4 heteroatoms. The van der Waals surface area contributed by atoms with Crippen molar-refractivity contribution in [1.82, 2.24) is 9.80 Å². The van der Waals surface area contributed by atoms with Gasteiger partial charge in [0.1, 0.15) is 0 Å². The van der Waals surface area contributed by atoms with Gasteiger partial charge in [0.15, 0.2) is 0 Å². The summed E-state index contributed by atoms with van der Waals surface area (Å²) >= 11 is 0. The number of anilines is 1. The van der Waals surface area contributed by atoms with Gasteiger partial charge in [-0.3, -0.25) is 4.90 Å². The first-order valence-corrected chi connectivity index (χ1v) is 7.80. The van der Waals surface area contributed by atoms with Crippen LogP contribution in [0, 0.1) is 0 Å². The van der Waals surface area contributed by atoms with E-state index >= 15 is 0 Å². The van der Waals surface area contributed by atoms with Crippen LogP contribution in [0.5, 0.6) is 0 Å². The Morgan fingerprint density at radius 2 is 1.76 bits per heavy atom. The van der Waals surface area contributed by atoms with Gasteiger partial charge in [-0.1, -0.05) is 25.1 Å². The monoisotopic (exact) mass is 289 g/mol. The predicted molar refractivity (Wildman–Crippen MR) is 87.7 cm³/mol. The lowest BCUT2D eigenvalue weighted by molar-refractivity contribution is 0.0774. The summed E-state index contributed by atoms with van der Waals surface area (Å²) in [6, 6.07) is 8.03. The molecule has 0 saturated carbocycles. The number of carbonyl (C=O) groups excluding carboxylic acids is 1. The van der Waals surface area contributed by atoms with E-state index in [2.05, 4.69) is 44.0 Å². The molecule has 0 bridgehead atoms. The van der Waals surface area contributed by atoms with Crippen LogP contribution >= 0.6 is 0 Å². The molecule has 1 aliphatic heterocycles. The Kier molecular flexibility index (Phi) is 4.88. The Balaban J connectivity index is 1.94. The maximum Gasteiger partial charge on any atom is 0.321 e. The summed E-state index contributed by atoms with van der Waals surface area (Å²) in [7, 11) is 0. The number of carbonyl (C=O) groups is 1. The van der Waals surface area contributed by atoms with E-state index in [0.29, 0.717) is 0 Å². The summed E-state index contributed by atoms with van der Waals surface area (Å²) < 4.78 is 0. The van der Waals surface area contributed by atoms with Crippen molar-refractivity contribution in [2.45, 2.75) is 39.7 Å². The lowest BCUT2D eigenvalue weighted by atomic mass is 10.1. The number of hydrogen-bond acceptors (Lipinski definition) is 2. The normalized spacial score (nSPS) is 16.9. The fourth-order valence-electron chi connectivity index (χ4n) is 2.73. The largest absolute Gasteiger partial charge is 0.322 e. The number of urea groups is 1. The van der Waals surface area contributed by atoms with E-state index in [1.165, 1.54) is 5.56 Å². The molecule has 0 aromatic heterocycles. The fraction of sp³-hybridized carbons (Fsp3) is 0.588. The second kappa shape index (κ2) is 6.48. The van der Waals surface area contributed by atoms with E-state index in [-0.39, 0.29) is 11.6 Å². The van der Waals surface area contributed by atoms with Crippen molar-refractivity contribution in [3.63, 3.8) is 0 Å². The van der Waals surface area contributed by atoms with Gasteiger partial charge < -0.3 is 10.2 Å². The summed E-state index contributed by atoms with van der Waals surface area (Å²) in [6.07, 6.45) is 0.925. The molecule has 0 aliphatic carbocycles. The molecule has 0 radical (unpaired) electrons. The van der Waals surface area contributed by atoms with E-state index in [4.69, 9.17) is 0 Å². The highest BCUT2D eigenvalue weighted by Gasteiger charge is 2.27. The zero-order valence-electron chi connectivity index (χ0n) is 13.6. The fourth-order valence-corrected chi connectivity index (χ4v) is 2.73. The first kappa shape index (κ1) is 15.8. The lowest BCUT2D eigenvalue weighted by Gasteiger charge is -2.42. The van der Waals surface area contributed by atoms with E-state index in [1.54, 1.807) is 0 Å². The summed E-state index contributed by atoms with van der Waals surface area (Å²) in [5, 5.41) is 3.05. The Bertz CT molecular complexity index is 485. The number of rotatable bonds is 2. The third kappa shape index (κ3) is 3.97. The van der Waals surface area contributed by atoms with Gasteiger partial charge in [0.25, 0.3) is 0 Å². The van der Waals surface area contributed by atoms with Crippen molar-refractivity contribution in [2.24, 2.45) is 0 Å². The number of benzene rings is 1. The van der Waals surface area contributed by atoms with Gasteiger partial charge in [0.05, 0.1) is 0 Å². The SMILES string of the molecule is CCc1ccccc1NC(=O)N1CCN(C(C)(C)C)CC1. The molecule has 1 heterocycles. The topological polar surface area (TPSA) is 35.6 Å². The lowest BCUT2D eigenvalue weighted by Crippen LogP contribution is -2.55. The number of para-hydroxylation sites is 1. The van der Waals surface area contributed by atoms with Gasteiger partial charge >= 0.3 is 6.03 Å². The van der Waals surface area contributed by atoms with Gasteiger partial charge in [-0.05, 0) is 38.8 Å². The molecule has 2 rings (SSSR count). The third-order valence-electron chi connectivity index (χ3n) is 4.16. The molecule has 2 amide bonds. The van der Waals surface area contributed by atoms with Crippen molar-refractivity contribution in [3.05, 3.63) is 29.8 Å². The number of piperazine rings is 1. The van der Waals surface area contributed by atoms with Crippen LogP contribution in [0.2, 0.25) is 0 Å². The highest BCUT2D eigenvalue weighted by Crippen LogP contribution is 2.18. The molecule has 1 saturated heterocycles. The number of amides is 2. The minimum atomic E-state index is 0.0180. The smallest absolute Gasteiger partial charge is 0.321 e. The van der Waals surface area contributed by atoms with Crippen LogP contribution in [0.25, 0.3) is 0 Å². The highest BCUT2D eigenvalue weighted by atomic mass is 16.2. The molecule has 1 aromatic rings. The minimum Gasteiger partial charge on any atom is -0.322 e. The maximum absolute atomic E-state index is 12.4. The number of aryl methyl sites for hydroxylation is 1. The third-order valence-corrected chi connectivity index (χ3v) is 4.16. The van der Waals surface area contributed by atoms with Crippen molar-refractivity contribution in [2.75, 3.05) is 31.5 Å². The molecular formula is C17H27N3O. The van der Waals surface area contributed by atoms with Gasteiger partial charge in [0, 0.05) is 37.4 Å². The van der Waals surface area contributed by atoms with Crippen molar-refractivity contribution in [1.29, 1.82) is 0 Å². The van der Waals surface area contributed by atoms with Gasteiger partial charge in [-0.25, -0.2) is 4.79 Å². The van der Waals surface area contributed by atoms with Crippen LogP contribution in [-0.4, -0.2) is 47.5 Å². The first-order chi connectivity index (χ1) is 9.91. The Hall–Kier alpha value is -1.55. The molecular weight excluding hydrogens is 262 g/mol. The van der Waals surface area contributed by atoms with Crippen LogP contribution in [-0.2, 0) is 6.42 Å². The molecule has 0 unspecified atom stereocenters. The van der Waals surface area contributed by atoms with Crippen molar-refractivity contribution < 1.29 is 4.79 Å². The molecule has 1 N–H and O–H groups in total. The highest BCUT2D eigenvalue weighted by molar-refractivity contribution is 5.90. The predicted octanol–water partition coefficient (Wildman–Crippen LogP) is 3.20. The Morgan fingerprint density at radius 1 is 1.14 bits per heavy atom. The van der Waals surface area contributed by atoms with Crippen LogP contribution in [0.4, 0.5) is 10.5 Å². The maximum atomic E-state index is 12.4. The summed E-state index contributed by atoms with van der Waals surface area (Å²) in [5.74, 6) is 0. The quantitative estimate of drug-likeness (QED) is 0.907. The van der Waals surface area contributed by atoms with Crippen LogP contribution in [0.15, 0.2) is 24.3 Å². The van der Waals surface area contributed by atoms with Gasteiger partial charge in [0.2, 0.25) is 0 Å². The van der Waals surface area contributed by atoms with E-state index < -0.39 is 0 Å². The van der Waals surface area contributed by atoms with Gasteiger partial charge in [-0.15, -0.1) is 0 Å². The van der Waals surface area contributed by atoms with Crippen LogP contribution < -0.4 is 5.32 Å². The van der Waals surface area contributed by atoms with Crippen molar-refractivity contribution in [3.8, 4) is 0 Å². The Labute approximate surface area is 128 Å². The molecule has 0 spiro atoms. The van der Waals surface area contributed by atoms with E-state index in [1.807, 2.05) is 23.1 Å². The van der Waals surface area contributed by atoms with E-state index in [0.717, 1.165) is 38.3 Å². The number of hydrogen-bond donors (Lipinski definition) is 1. The molecule has 116 valence electrons. The standard InChI is InChI=1S/C17H27N3O/c1-5-14-8-6-7-9-15(14)18-16(21)19-10-12-20(13-11-19)17(2,3)4/h6-9H,5,10-13H2,1-4H3,(H,18,21). The number of nitrogens with zero attached hydrogens (tertiary/aromatic N) is 2. The molecule has 1 fully saturated rings. The average Bonchev–Trinajstić information content (AvgIpc) is 2.47. The molecule has 1 aliphatic rings. The van der Waals surface area contributed by atoms with Crippen LogP contribution in [0.3, 0.4) is 0 Å². The second-order valence-electron chi connectivity index (χ2n) is 6.59. The summed E-state index contributed by atoms with van der Waals surface area (Å²) in [6.45, 7) is 12.2. The average molecular weight is 289 g/mol. The van der Waals surface area contributed by atoms with Crippen LogP contribution in [0.1, 0.15) is 33.3 Å². The molecule has 0 atom stereocenters. The number of nitrogens with one attached hydrogen (secondary N) is 1. The zero-order chi connectivity index (χ0) is 15.5. The zero-order valence-corrected chi connectivity index (χ0v) is 13.6. The molecule has 21 heavy (non-hydrogen) atoms. The van der Waals surface area contributed by atoms with Gasteiger partial charge in [-0.2, -0.15) is 0 Å². The van der Waals surface area contributed by atoms with E-state index in [9.17, 15) is 4.79 Å². The van der Waals surface area contributed by atoms with Crippen molar-refractivity contribution >= 4 is 11.7 Å². The molecule has 4 nitrogen and oxygen atoms in total. The minimum absolute atomic E-state index is 0.0180.